The first-order chi connectivity index (χ1) is 13.5. The van der Waals surface area contributed by atoms with Gasteiger partial charge in [-0.25, -0.2) is 9.59 Å². The Morgan fingerprint density at radius 1 is 0.714 bits per heavy atom. The highest BCUT2D eigenvalue weighted by Crippen LogP contribution is 2.17. The van der Waals surface area contributed by atoms with E-state index in [0.717, 1.165) is 12.2 Å². The van der Waals surface area contributed by atoms with Crippen LogP contribution < -0.4 is 0 Å². The number of benzene rings is 2. The first kappa shape index (κ1) is 21.4. The van der Waals surface area contributed by atoms with E-state index in [1.807, 2.05) is 0 Å². The third-order valence-electron chi connectivity index (χ3n) is 3.36. The second-order valence-electron chi connectivity index (χ2n) is 5.46. The van der Waals surface area contributed by atoms with Gasteiger partial charge in [-0.15, -0.1) is 0 Å². The topological polar surface area (TPSA) is 69.7 Å². The standard InChI is InChI=1S/C21H16Cl2O5/c22-18-7-3-1-5-15(18)9-11-20(25)27-13-17(24)14-28-21(26)12-10-16-6-2-4-8-19(16)23/h1-12H,13-14H2/b11-9+,12-10+. The van der Waals surface area contributed by atoms with Crippen molar-refractivity contribution in [2.24, 2.45) is 0 Å². The molecule has 0 aromatic heterocycles. The fraction of sp³-hybridized carbons (Fsp3) is 0.0952. The molecule has 0 spiro atoms. The molecule has 0 heterocycles. The molecule has 0 unspecified atom stereocenters. The third-order valence-corrected chi connectivity index (χ3v) is 4.05. The summed E-state index contributed by atoms with van der Waals surface area (Å²) < 4.78 is 9.60. The maximum atomic E-state index is 11.7. The second-order valence-corrected chi connectivity index (χ2v) is 6.28. The van der Waals surface area contributed by atoms with E-state index in [1.54, 1.807) is 48.5 Å². The van der Waals surface area contributed by atoms with Crippen LogP contribution >= 0.6 is 23.2 Å². The van der Waals surface area contributed by atoms with Gasteiger partial charge in [-0.2, -0.15) is 0 Å². The van der Waals surface area contributed by atoms with Gasteiger partial charge in [-0.3, -0.25) is 4.79 Å². The zero-order valence-electron chi connectivity index (χ0n) is 14.6. The number of hydrogen-bond donors (Lipinski definition) is 0. The zero-order valence-corrected chi connectivity index (χ0v) is 16.2. The first-order valence-corrected chi connectivity index (χ1v) is 8.92. The van der Waals surface area contributed by atoms with Gasteiger partial charge in [0.1, 0.15) is 0 Å². The molecular weight excluding hydrogens is 403 g/mol. The SMILES string of the molecule is O=C(COC(=O)/C=C/c1ccccc1Cl)COC(=O)/C=C/c1ccccc1Cl. The van der Waals surface area contributed by atoms with E-state index in [0.29, 0.717) is 21.2 Å². The Hall–Kier alpha value is -2.89. The maximum absolute atomic E-state index is 11.7. The van der Waals surface area contributed by atoms with Gasteiger partial charge in [0.05, 0.1) is 0 Å². The molecule has 0 aliphatic carbocycles. The lowest BCUT2D eigenvalue weighted by atomic mass is 10.2. The van der Waals surface area contributed by atoms with Crippen LogP contribution in [-0.4, -0.2) is 30.9 Å². The van der Waals surface area contributed by atoms with Crippen LogP contribution in [0.1, 0.15) is 11.1 Å². The summed E-state index contributed by atoms with van der Waals surface area (Å²) in [6.45, 7) is -1.01. The van der Waals surface area contributed by atoms with Crippen molar-refractivity contribution in [2.75, 3.05) is 13.2 Å². The molecule has 0 bridgehead atoms. The van der Waals surface area contributed by atoms with Crippen molar-refractivity contribution < 1.29 is 23.9 Å². The molecule has 28 heavy (non-hydrogen) atoms. The van der Waals surface area contributed by atoms with Crippen LogP contribution in [0, 0.1) is 0 Å². The fourth-order valence-electron chi connectivity index (χ4n) is 1.98. The molecule has 0 amide bonds. The molecule has 0 radical (unpaired) electrons. The third kappa shape index (κ3) is 7.39. The number of rotatable bonds is 8. The number of Topliss-reactive ketones (excluding diaryl/α,β-unsaturated/α-hetero) is 1. The molecule has 0 N–H and O–H groups in total. The minimum absolute atomic E-state index is 0.486. The van der Waals surface area contributed by atoms with E-state index in [4.69, 9.17) is 32.7 Å². The summed E-state index contributed by atoms with van der Waals surface area (Å²) in [6, 6.07) is 13.9. The lowest BCUT2D eigenvalue weighted by molar-refractivity contribution is -0.148. The van der Waals surface area contributed by atoms with Crippen LogP contribution in [-0.2, 0) is 23.9 Å². The molecule has 0 atom stereocenters. The Bertz CT molecular complexity index is 845. The average molecular weight is 419 g/mol. The van der Waals surface area contributed by atoms with Gasteiger partial charge in [-0.1, -0.05) is 59.6 Å². The van der Waals surface area contributed by atoms with Gasteiger partial charge in [0.15, 0.2) is 13.2 Å². The minimum atomic E-state index is -0.710. The monoisotopic (exact) mass is 418 g/mol. The van der Waals surface area contributed by atoms with Gasteiger partial charge < -0.3 is 9.47 Å². The highest BCUT2D eigenvalue weighted by molar-refractivity contribution is 6.32. The van der Waals surface area contributed by atoms with E-state index >= 15 is 0 Å². The molecule has 7 heteroatoms. The Kier molecular flexibility index (Phi) is 8.46. The zero-order chi connectivity index (χ0) is 20.4. The molecule has 144 valence electrons. The van der Waals surface area contributed by atoms with E-state index in [-0.39, 0.29) is 0 Å². The number of ketones is 1. The second kappa shape index (κ2) is 11.1. The van der Waals surface area contributed by atoms with E-state index in [9.17, 15) is 14.4 Å². The Labute approximate surface area is 172 Å². The lowest BCUT2D eigenvalue weighted by Crippen LogP contribution is -2.19. The Morgan fingerprint density at radius 3 is 1.50 bits per heavy atom. The largest absolute Gasteiger partial charge is 0.454 e. The number of esters is 2. The van der Waals surface area contributed by atoms with Crippen LogP contribution in [0.15, 0.2) is 60.7 Å². The molecule has 2 rings (SSSR count). The lowest BCUT2D eigenvalue weighted by Gasteiger charge is -2.03. The van der Waals surface area contributed by atoms with E-state index in [2.05, 4.69) is 0 Å². The van der Waals surface area contributed by atoms with Gasteiger partial charge in [0.2, 0.25) is 5.78 Å². The summed E-state index contributed by atoms with van der Waals surface area (Å²) in [5, 5.41) is 0.971. The van der Waals surface area contributed by atoms with Gasteiger partial charge >= 0.3 is 11.9 Å². The molecule has 0 saturated carbocycles. The maximum Gasteiger partial charge on any atom is 0.331 e. The number of hydrogen-bond acceptors (Lipinski definition) is 5. The molecular formula is C21H16Cl2O5. The van der Waals surface area contributed by atoms with Crippen LogP contribution in [0.5, 0.6) is 0 Å². The fourth-order valence-corrected chi connectivity index (χ4v) is 2.37. The van der Waals surface area contributed by atoms with E-state index < -0.39 is 30.9 Å². The quantitative estimate of drug-likeness (QED) is 0.469. The summed E-state index contributed by atoms with van der Waals surface area (Å²) in [5.41, 5.74) is 1.29. The van der Waals surface area contributed by atoms with Crippen molar-refractivity contribution >= 4 is 53.1 Å². The van der Waals surface area contributed by atoms with Gasteiger partial charge in [0, 0.05) is 22.2 Å². The van der Waals surface area contributed by atoms with Crippen molar-refractivity contribution in [1.82, 2.24) is 0 Å². The minimum Gasteiger partial charge on any atom is -0.454 e. The van der Waals surface area contributed by atoms with E-state index in [1.165, 1.54) is 12.2 Å². The first-order valence-electron chi connectivity index (χ1n) is 8.16. The highest BCUT2D eigenvalue weighted by Gasteiger charge is 2.08. The number of carbonyl (C=O) groups is 3. The smallest absolute Gasteiger partial charge is 0.331 e. The van der Waals surface area contributed by atoms with Gasteiger partial charge in [-0.05, 0) is 35.4 Å². The van der Waals surface area contributed by atoms with Crippen LogP contribution in [0.4, 0.5) is 0 Å². The summed E-state index contributed by atoms with van der Waals surface area (Å²) >= 11 is 11.9. The normalized spacial score (nSPS) is 10.9. The average Bonchev–Trinajstić information content (AvgIpc) is 2.69. The highest BCUT2D eigenvalue weighted by atomic mass is 35.5. The Balaban J connectivity index is 1.72. The van der Waals surface area contributed by atoms with Crippen LogP contribution in [0.25, 0.3) is 12.2 Å². The molecule has 0 aliphatic rings. The number of carbonyl (C=O) groups excluding carboxylic acids is 3. The molecule has 0 aliphatic heterocycles. The summed E-state index contributed by atoms with van der Waals surface area (Å²) in [4.78, 5) is 34.9. The van der Waals surface area contributed by atoms with Crippen molar-refractivity contribution in [3.05, 3.63) is 81.9 Å². The molecule has 2 aromatic carbocycles. The number of halogens is 2. The summed E-state index contributed by atoms with van der Waals surface area (Å²) in [5.74, 6) is -1.98. The van der Waals surface area contributed by atoms with Crippen LogP contribution in [0.3, 0.4) is 0 Å². The molecule has 0 saturated heterocycles. The van der Waals surface area contributed by atoms with Crippen LogP contribution in [0.2, 0.25) is 10.0 Å². The molecule has 0 fully saturated rings. The predicted octanol–water partition coefficient (Wildman–Crippen LogP) is 4.38. The molecule has 2 aromatic rings. The van der Waals surface area contributed by atoms with Crippen molar-refractivity contribution in [1.29, 1.82) is 0 Å². The summed E-state index contributed by atoms with van der Waals surface area (Å²) in [7, 11) is 0. The van der Waals surface area contributed by atoms with Crippen molar-refractivity contribution in [2.45, 2.75) is 0 Å². The van der Waals surface area contributed by atoms with Crippen molar-refractivity contribution in [3.8, 4) is 0 Å². The predicted molar refractivity (Wildman–Crippen MR) is 108 cm³/mol. The summed E-state index contributed by atoms with van der Waals surface area (Å²) in [6.07, 6.45) is 5.28. The van der Waals surface area contributed by atoms with Gasteiger partial charge in [0.25, 0.3) is 0 Å². The Morgan fingerprint density at radius 2 is 1.11 bits per heavy atom. The number of ether oxygens (including phenoxy) is 2. The molecule has 5 nitrogen and oxygen atoms in total. The van der Waals surface area contributed by atoms with Crippen molar-refractivity contribution in [3.63, 3.8) is 0 Å².